The molecule has 1 unspecified atom stereocenters. The highest BCUT2D eigenvalue weighted by Gasteiger charge is 2.35. The van der Waals surface area contributed by atoms with Gasteiger partial charge in [0.15, 0.2) is 5.65 Å². The Kier molecular flexibility index (Phi) is 4.91. The molecular weight excluding hydrogens is 403 g/mol. The summed E-state index contributed by atoms with van der Waals surface area (Å²) in [5.74, 6) is -0.930. The van der Waals surface area contributed by atoms with Crippen LogP contribution < -0.4 is 5.32 Å². The average Bonchev–Trinajstić information content (AvgIpc) is 3.28. The molecule has 0 spiro atoms. The van der Waals surface area contributed by atoms with Crippen molar-refractivity contribution < 1.29 is 19.1 Å². The lowest BCUT2D eigenvalue weighted by Gasteiger charge is -2.26. The van der Waals surface area contributed by atoms with Gasteiger partial charge in [-0.25, -0.2) is 13.9 Å². The van der Waals surface area contributed by atoms with Crippen LogP contribution in [0.15, 0.2) is 36.8 Å². The van der Waals surface area contributed by atoms with Gasteiger partial charge < -0.3 is 15.3 Å². The summed E-state index contributed by atoms with van der Waals surface area (Å²) in [6.07, 6.45) is 2.93. The van der Waals surface area contributed by atoms with E-state index >= 15 is 0 Å². The number of amides is 2. The molecule has 0 radical (unpaired) electrons. The number of rotatable bonds is 5. The molecule has 31 heavy (non-hydrogen) atoms. The third-order valence-electron chi connectivity index (χ3n) is 5.16. The molecule has 1 atom stereocenters. The van der Waals surface area contributed by atoms with Crippen LogP contribution in [-0.4, -0.2) is 54.7 Å². The molecule has 2 N–H and O–H groups in total. The Hall–Kier alpha value is -3.84. The largest absolute Gasteiger partial charge is 0.387 e. The van der Waals surface area contributed by atoms with E-state index in [9.17, 15) is 24.3 Å². The molecule has 4 rings (SSSR count). The highest BCUT2D eigenvalue weighted by molar-refractivity contribution is 6.09. The second-order valence-corrected chi connectivity index (χ2v) is 7.87. The van der Waals surface area contributed by atoms with Crippen LogP contribution in [0.3, 0.4) is 0 Å². The number of alkyl halides is 1. The monoisotopic (exact) mass is 422 g/mol. The van der Waals surface area contributed by atoms with Gasteiger partial charge in [0.05, 0.1) is 29.6 Å². The molecule has 2 aromatic heterocycles. The van der Waals surface area contributed by atoms with Gasteiger partial charge in [-0.05, 0) is 37.6 Å². The normalized spacial score (nSPS) is 14.4. The van der Waals surface area contributed by atoms with Crippen molar-refractivity contribution in [1.82, 2.24) is 19.5 Å². The minimum Gasteiger partial charge on any atom is -0.387 e. The zero-order valence-electron chi connectivity index (χ0n) is 16.8. The van der Waals surface area contributed by atoms with Gasteiger partial charge in [-0.1, -0.05) is 0 Å². The van der Waals surface area contributed by atoms with E-state index in [-0.39, 0.29) is 35.5 Å². The molecule has 0 saturated carbocycles. The highest BCUT2D eigenvalue weighted by atomic mass is 19.1. The average molecular weight is 422 g/mol. The van der Waals surface area contributed by atoms with Crippen LogP contribution >= 0.6 is 0 Å². The van der Waals surface area contributed by atoms with Gasteiger partial charge in [-0.3, -0.25) is 9.59 Å². The summed E-state index contributed by atoms with van der Waals surface area (Å²) in [5.41, 5.74) is 0.167. The minimum absolute atomic E-state index is 0.103. The first-order chi connectivity index (χ1) is 14.7. The van der Waals surface area contributed by atoms with Crippen LogP contribution in [0.2, 0.25) is 0 Å². The second-order valence-electron chi connectivity index (χ2n) is 7.87. The van der Waals surface area contributed by atoms with E-state index in [0.717, 1.165) is 0 Å². The van der Waals surface area contributed by atoms with E-state index in [1.807, 2.05) is 6.07 Å². The molecule has 3 aromatic rings. The molecule has 10 heteroatoms. The number of aromatic nitrogens is 3. The van der Waals surface area contributed by atoms with Crippen LogP contribution in [-0.2, 0) is 6.54 Å². The maximum Gasteiger partial charge on any atom is 0.261 e. The fourth-order valence-corrected chi connectivity index (χ4v) is 3.36. The summed E-state index contributed by atoms with van der Waals surface area (Å²) in [4.78, 5) is 30.8. The van der Waals surface area contributed by atoms with Crippen molar-refractivity contribution in [2.45, 2.75) is 32.2 Å². The van der Waals surface area contributed by atoms with Crippen molar-refractivity contribution in [3.05, 3.63) is 59.0 Å². The third-order valence-corrected chi connectivity index (χ3v) is 5.16. The van der Waals surface area contributed by atoms with Gasteiger partial charge in [-0.15, -0.1) is 0 Å². The number of nitriles is 1. The number of hydrogen-bond acceptors (Lipinski definition) is 6. The lowest BCUT2D eigenvalue weighted by atomic mass is 10.0. The number of benzene rings is 1. The van der Waals surface area contributed by atoms with Crippen molar-refractivity contribution in [3.8, 4) is 6.07 Å². The summed E-state index contributed by atoms with van der Waals surface area (Å²) < 4.78 is 15.7. The fourth-order valence-electron chi connectivity index (χ4n) is 3.36. The number of hydrogen-bond donors (Lipinski definition) is 2. The molecule has 1 aromatic carbocycles. The summed E-state index contributed by atoms with van der Waals surface area (Å²) in [5, 5.41) is 26.1. The molecule has 158 valence electrons. The van der Waals surface area contributed by atoms with E-state index in [4.69, 9.17) is 0 Å². The molecule has 9 nitrogen and oxygen atoms in total. The molecular formula is C21H19FN6O3. The molecule has 1 aliphatic heterocycles. The van der Waals surface area contributed by atoms with Crippen molar-refractivity contribution in [3.63, 3.8) is 0 Å². The van der Waals surface area contributed by atoms with Gasteiger partial charge in [-0.2, -0.15) is 10.4 Å². The van der Waals surface area contributed by atoms with Gasteiger partial charge in [0.25, 0.3) is 11.8 Å². The maximum absolute atomic E-state index is 14.3. The first kappa shape index (κ1) is 20.4. The van der Waals surface area contributed by atoms with E-state index in [2.05, 4.69) is 15.4 Å². The number of anilines is 1. The lowest BCUT2D eigenvalue weighted by molar-refractivity contribution is -0.0159. The van der Waals surface area contributed by atoms with Crippen LogP contribution in [0.1, 0.15) is 45.7 Å². The zero-order valence-corrected chi connectivity index (χ0v) is 16.8. The van der Waals surface area contributed by atoms with Gasteiger partial charge >= 0.3 is 0 Å². The zero-order chi connectivity index (χ0) is 22.3. The summed E-state index contributed by atoms with van der Waals surface area (Å²) in [6.45, 7) is 2.50. The standard InChI is InChI=1S/C21H19FN6O3/c1-21(2,31)17(22)11-27-10-13-7-16(12(8-23)6-14(13)20(27)30)26-19(29)15-9-25-28-5-3-4-24-18(15)28/h3-7,9,17,31H,10-11H2,1-2H3,(H,26,29). The first-order valence-corrected chi connectivity index (χ1v) is 9.51. The second kappa shape index (κ2) is 7.45. The van der Waals surface area contributed by atoms with E-state index < -0.39 is 23.6 Å². The Labute approximate surface area is 176 Å². The number of nitrogens with zero attached hydrogens (tertiary/aromatic N) is 5. The number of aliphatic hydroxyl groups is 1. The Bertz CT molecular complexity index is 1240. The number of halogens is 1. The molecule has 2 amide bonds. The Morgan fingerprint density at radius 3 is 2.94 bits per heavy atom. The predicted octanol–water partition coefficient (Wildman–Crippen LogP) is 1.92. The van der Waals surface area contributed by atoms with E-state index in [1.54, 1.807) is 18.3 Å². The Balaban J connectivity index is 1.60. The van der Waals surface area contributed by atoms with Crippen LogP contribution in [0.25, 0.3) is 5.65 Å². The van der Waals surface area contributed by atoms with Gasteiger partial charge in [0.1, 0.15) is 17.8 Å². The van der Waals surface area contributed by atoms with E-state index in [1.165, 1.54) is 41.7 Å². The molecule has 0 saturated heterocycles. The number of nitrogens with one attached hydrogen (secondary N) is 1. The first-order valence-electron chi connectivity index (χ1n) is 9.51. The van der Waals surface area contributed by atoms with Crippen molar-refractivity contribution in [2.75, 3.05) is 11.9 Å². The Morgan fingerprint density at radius 1 is 1.45 bits per heavy atom. The summed E-state index contributed by atoms with van der Waals surface area (Å²) >= 11 is 0. The lowest BCUT2D eigenvalue weighted by Crippen LogP contribution is -2.42. The van der Waals surface area contributed by atoms with Crippen LogP contribution in [0.5, 0.6) is 0 Å². The molecule has 0 fully saturated rings. The number of fused-ring (bicyclic) bond motifs is 2. The van der Waals surface area contributed by atoms with Gasteiger partial charge in [0, 0.05) is 24.5 Å². The van der Waals surface area contributed by atoms with Gasteiger partial charge in [0.2, 0.25) is 0 Å². The van der Waals surface area contributed by atoms with Crippen molar-refractivity contribution >= 4 is 23.1 Å². The van der Waals surface area contributed by atoms with E-state index in [0.29, 0.717) is 11.2 Å². The van der Waals surface area contributed by atoms with Crippen molar-refractivity contribution in [2.24, 2.45) is 0 Å². The minimum atomic E-state index is -1.64. The van der Waals surface area contributed by atoms with Crippen LogP contribution in [0, 0.1) is 11.3 Å². The maximum atomic E-state index is 14.3. The summed E-state index contributed by atoms with van der Waals surface area (Å²) in [6, 6.07) is 6.59. The number of carbonyl (C=O) groups is 2. The summed E-state index contributed by atoms with van der Waals surface area (Å²) in [7, 11) is 0. The fraction of sp³-hybridized carbons (Fsp3) is 0.286. The number of carbonyl (C=O) groups excluding carboxylic acids is 2. The topological polar surface area (TPSA) is 124 Å². The van der Waals surface area contributed by atoms with Crippen LogP contribution in [0.4, 0.5) is 10.1 Å². The molecule has 3 heterocycles. The van der Waals surface area contributed by atoms with Crippen molar-refractivity contribution in [1.29, 1.82) is 5.26 Å². The molecule has 1 aliphatic rings. The smallest absolute Gasteiger partial charge is 0.261 e. The SMILES string of the molecule is CC(C)(O)C(F)CN1Cc2cc(NC(=O)c3cnn4cccnc34)c(C#N)cc2C1=O. The molecule has 0 aliphatic carbocycles. The molecule has 0 bridgehead atoms. The highest BCUT2D eigenvalue weighted by Crippen LogP contribution is 2.30. The predicted molar refractivity (Wildman–Crippen MR) is 108 cm³/mol. The third kappa shape index (κ3) is 3.71. The quantitative estimate of drug-likeness (QED) is 0.647. The Morgan fingerprint density at radius 2 is 2.23 bits per heavy atom.